The Morgan fingerprint density at radius 3 is 2.10 bits per heavy atom. The first-order valence-corrected chi connectivity index (χ1v) is 9.19. The molecule has 0 aromatic heterocycles. The highest BCUT2D eigenvalue weighted by Gasteiger charge is 2.18. The van der Waals surface area contributed by atoms with Crippen LogP contribution in [0.4, 0.5) is 0 Å². The maximum absolute atomic E-state index is 9.56. The molecule has 0 aliphatic rings. The van der Waals surface area contributed by atoms with E-state index in [1.165, 1.54) is 13.4 Å². The summed E-state index contributed by atoms with van der Waals surface area (Å²) in [5.41, 5.74) is 3.03. The molecule has 3 aromatic rings. The number of nitrogens with two attached hydrogens (primary N) is 1. The molecular weight excluding hydrogens is 385 g/mol. The van der Waals surface area contributed by atoms with E-state index in [0.29, 0.717) is 30.0 Å². The molecule has 0 atom stereocenters. The molecule has 3 rings (SSSR count). The van der Waals surface area contributed by atoms with Gasteiger partial charge in [-0.2, -0.15) is 5.90 Å². The molecule has 0 saturated heterocycles. The fourth-order valence-electron chi connectivity index (χ4n) is 2.52. The van der Waals surface area contributed by atoms with Gasteiger partial charge in [-0.3, -0.25) is 4.42 Å². The van der Waals surface area contributed by atoms with Gasteiger partial charge >= 0.3 is 13.4 Å². The first-order valence-electron chi connectivity index (χ1n) is 9.19. The summed E-state index contributed by atoms with van der Waals surface area (Å²) in [5.74, 6) is 4.94. The van der Waals surface area contributed by atoms with Crippen LogP contribution in [0, 0.1) is 0 Å². The SMILES string of the molecule is COON.OB(O)c1ccc(OCc2ccccc2)cc1C=[O+]Cc1ccccc1. The summed E-state index contributed by atoms with van der Waals surface area (Å²) in [5, 5.41) is 19.1. The summed E-state index contributed by atoms with van der Waals surface area (Å²) < 4.78 is 11.4. The Kier molecular flexibility index (Phi) is 10.3. The second-order valence-corrected chi connectivity index (χ2v) is 6.12. The van der Waals surface area contributed by atoms with E-state index in [2.05, 4.69) is 15.8 Å². The second kappa shape index (κ2) is 13.3. The van der Waals surface area contributed by atoms with Crippen molar-refractivity contribution in [3.63, 3.8) is 0 Å². The molecule has 156 valence electrons. The molecule has 0 fully saturated rings. The van der Waals surface area contributed by atoms with E-state index in [9.17, 15) is 10.0 Å². The van der Waals surface area contributed by atoms with Gasteiger partial charge in [-0.05, 0) is 35.3 Å². The number of ether oxygens (including phenoxy) is 1. The van der Waals surface area contributed by atoms with Crippen molar-refractivity contribution in [2.24, 2.45) is 5.90 Å². The third-order valence-electron chi connectivity index (χ3n) is 3.98. The molecule has 30 heavy (non-hydrogen) atoms. The average Bonchev–Trinajstić information content (AvgIpc) is 2.79. The Balaban J connectivity index is 0.000000735. The zero-order valence-corrected chi connectivity index (χ0v) is 16.7. The molecule has 0 heterocycles. The van der Waals surface area contributed by atoms with E-state index in [1.54, 1.807) is 18.2 Å². The Labute approximate surface area is 176 Å². The van der Waals surface area contributed by atoms with Gasteiger partial charge in [0.25, 0.3) is 6.61 Å². The zero-order valence-electron chi connectivity index (χ0n) is 16.7. The first-order chi connectivity index (χ1) is 14.6. The lowest BCUT2D eigenvalue weighted by Gasteiger charge is -2.08. The molecule has 4 N–H and O–H groups in total. The predicted octanol–water partition coefficient (Wildman–Crippen LogP) is 1.93. The van der Waals surface area contributed by atoms with Crippen LogP contribution < -0.4 is 16.1 Å². The van der Waals surface area contributed by atoms with Gasteiger partial charge in [0.15, 0.2) is 0 Å². The van der Waals surface area contributed by atoms with Gasteiger partial charge in [-0.1, -0.05) is 54.6 Å². The molecule has 0 aliphatic carbocycles. The summed E-state index contributed by atoms with van der Waals surface area (Å²) >= 11 is 0. The van der Waals surface area contributed by atoms with Gasteiger partial charge in [-0.25, -0.2) is 4.89 Å². The van der Waals surface area contributed by atoms with Crippen molar-refractivity contribution >= 4 is 18.9 Å². The van der Waals surface area contributed by atoms with Crippen LogP contribution in [-0.4, -0.2) is 30.6 Å². The second-order valence-electron chi connectivity index (χ2n) is 6.12. The maximum Gasteiger partial charge on any atom is 0.489 e. The van der Waals surface area contributed by atoms with Gasteiger partial charge in [-0.15, -0.1) is 4.99 Å². The Morgan fingerprint density at radius 2 is 1.53 bits per heavy atom. The summed E-state index contributed by atoms with van der Waals surface area (Å²) in [6.07, 6.45) is 1.52. The van der Waals surface area contributed by atoms with Gasteiger partial charge in [0.2, 0.25) is 0 Å². The van der Waals surface area contributed by atoms with Gasteiger partial charge in [0.1, 0.15) is 12.4 Å². The fourth-order valence-corrected chi connectivity index (χ4v) is 2.52. The molecule has 0 bridgehead atoms. The van der Waals surface area contributed by atoms with E-state index in [1.807, 2.05) is 60.7 Å². The Hall–Kier alpha value is -3.01. The van der Waals surface area contributed by atoms with Gasteiger partial charge < -0.3 is 14.8 Å². The fraction of sp³-hybridized carbons (Fsp3) is 0.136. The lowest BCUT2D eigenvalue weighted by atomic mass is 9.77. The highest BCUT2D eigenvalue weighted by atomic mass is 17.3. The smallest absolute Gasteiger partial charge is 0.489 e. The van der Waals surface area contributed by atoms with E-state index in [0.717, 1.165) is 11.1 Å². The molecule has 0 amide bonds. The van der Waals surface area contributed by atoms with Crippen molar-refractivity contribution in [1.29, 1.82) is 0 Å². The summed E-state index contributed by atoms with van der Waals surface area (Å²) in [6.45, 7) is 0.836. The molecule has 0 aliphatic heterocycles. The minimum absolute atomic E-state index is 0.366. The third-order valence-corrected chi connectivity index (χ3v) is 3.98. The minimum atomic E-state index is -1.58. The minimum Gasteiger partial charge on any atom is -0.489 e. The van der Waals surface area contributed by atoms with Crippen LogP contribution in [0.3, 0.4) is 0 Å². The van der Waals surface area contributed by atoms with Crippen molar-refractivity contribution < 1.29 is 29.1 Å². The molecule has 0 spiro atoms. The van der Waals surface area contributed by atoms with Crippen LogP contribution >= 0.6 is 0 Å². The van der Waals surface area contributed by atoms with Crippen LogP contribution in [0.15, 0.2) is 78.9 Å². The number of rotatable bonds is 8. The zero-order chi connectivity index (χ0) is 21.6. The molecule has 3 aromatic carbocycles. The highest BCUT2D eigenvalue weighted by molar-refractivity contribution is 6.60. The Bertz CT molecular complexity index is 889. The van der Waals surface area contributed by atoms with Crippen LogP contribution in [0.5, 0.6) is 5.75 Å². The largest absolute Gasteiger partial charge is 0.489 e. The van der Waals surface area contributed by atoms with E-state index in [4.69, 9.17) is 9.16 Å². The monoisotopic (exact) mass is 410 g/mol. The van der Waals surface area contributed by atoms with Crippen molar-refractivity contribution in [2.45, 2.75) is 13.2 Å². The van der Waals surface area contributed by atoms with E-state index >= 15 is 0 Å². The summed E-state index contributed by atoms with van der Waals surface area (Å²) in [7, 11) is -0.246. The normalized spacial score (nSPS) is 10.4. The lowest BCUT2D eigenvalue weighted by Crippen LogP contribution is -2.33. The summed E-state index contributed by atoms with van der Waals surface area (Å²) in [6, 6.07) is 24.7. The number of hydrogen-bond donors (Lipinski definition) is 3. The van der Waals surface area contributed by atoms with Crippen LogP contribution in [0.1, 0.15) is 21.1 Å². The number of hydrogen-bond acceptors (Lipinski definition) is 6. The summed E-state index contributed by atoms with van der Waals surface area (Å²) in [4.78, 5) is 7.36. The van der Waals surface area contributed by atoms with Crippen molar-refractivity contribution in [2.75, 3.05) is 7.11 Å². The van der Waals surface area contributed by atoms with Gasteiger partial charge in [0.05, 0.1) is 12.7 Å². The van der Waals surface area contributed by atoms with Crippen molar-refractivity contribution in [1.82, 2.24) is 0 Å². The third kappa shape index (κ3) is 8.16. The lowest BCUT2D eigenvalue weighted by molar-refractivity contribution is -0.282. The molecular formula is C22H25BNO6+. The van der Waals surface area contributed by atoms with E-state index < -0.39 is 7.12 Å². The quantitative estimate of drug-likeness (QED) is 0.172. The maximum atomic E-state index is 9.56. The molecule has 0 saturated carbocycles. The van der Waals surface area contributed by atoms with Crippen LogP contribution in [0.2, 0.25) is 0 Å². The topological polar surface area (TPSA) is 105 Å². The van der Waals surface area contributed by atoms with Crippen LogP contribution in [-0.2, 0) is 23.1 Å². The highest BCUT2D eigenvalue weighted by Crippen LogP contribution is 2.14. The number of aldehydes is 1. The van der Waals surface area contributed by atoms with Gasteiger partial charge in [0, 0.05) is 5.56 Å². The Morgan fingerprint density at radius 1 is 0.933 bits per heavy atom. The van der Waals surface area contributed by atoms with Crippen molar-refractivity contribution in [3.05, 3.63) is 95.6 Å². The number of benzene rings is 3. The van der Waals surface area contributed by atoms with Crippen molar-refractivity contribution in [3.8, 4) is 5.75 Å². The average molecular weight is 410 g/mol. The number of carbonyl (C=O) groups excluding carboxylic acids is 1. The molecule has 0 radical (unpaired) electrons. The molecule has 0 unspecified atom stereocenters. The standard InChI is InChI=1S/C21H20BO4.CH5NO2/c23-22(24)21-12-11-20(26-15-18-9-5-2-6-10-18)13-19(21)16-25-14-17-7-3-1-4-8-17;1-3-4-2/h1-13,16,23-24H,14-15H2;2H2,1H3/q+1;. The predicted molar refractivity (Wildman–Crippen MR) is 115 cm³/mol. The molecule has 7 nitrogen and oxygen atoms in total. The van der Waals surface area contributed by atoms with Crippen LogP contribution in [0.25, 0.3) is 0 Å². The molecule has 8 heteroatoms. The first kappa shape index (κ1) is 23.3. The van der Waals surface area contributed by atoms with E-state index in [-0.39, 0.29) is 0 Å².